The van der Waals surface area contributed by atoms with Gasteiger partial charge in [-0.05, 0) is 28.8 Å². The molecule has 3 rings (SSSR count). The molecule has 0 N–H and O–H groups in total. The first-order chi connectivity index (χ1) is 14.7. The highest BCUT2D eigenvalue weighted by atomic mass is 16.5. The molecule has 0 heterocycles. The molecule has 0 atom stereocenters. The van der Waals surface area contributed by atoms with E-state index in [0.717, 1.165) is 16.7 Å². The minimum atomic E-state index is -0.322. The van der Waals surface area contributed by atoms with Gasteiger partial charge in [-0.2, -0.15) is 5.26 Å². The number of benzene rings is 3. The minimum absolute atomic E-state index is 0.0431. The number of nitriles is 1. The van der Waals surface area contributed by atoms with Crippen LogP contribution in [-0.2, 0) is 16.1 Å². The molecule has 0 saturated heterocycles. The molecule has 4 nitrogen and oxygen atoms in total. The van der Waals surface area contributed by atoms with Gasteiger partial charge in [0.1, 0.15) is 12.7 Å². The summed E-state index contributed by atoms with van der Waals surface area (Å²) in [7, 11) is 0. The van der Waals surface area contributed by atoms with Crippen LogP contribution in [0.3, 0.4) is 0 Å². The van der Waals surface area contributed by atoms with E-state index in [-0.39, 0.29) is 18.6 Å². The normalized spacial score (nSPS) is 10.4. The molecule has 0 spiro atoms. The van der Waals surface area contributed by atoms with E-state index in [2.05, 4.69) is 12.6 Å². The first kappa shape index (κ1) is 21.0. The quantitative estimate of drug-likeness (QED) is 0.485. The lowest BCUT2D eigenvalue weighted by Gasteiger charge is -2.24. The fourth-order valence-corrected chi connectivity index (χ4v) is 3.20. The summed E-state index contributed by atoms with van der Waals surface area (Å²) >= 11 is 0. The van der Waals surface area contributed by atoms with Crippen molar-refractivity contribution in [2.45, 2.75) is 12.6 Å². The van der Waals surface area contributed by atoms with E-state index in [1.165, 1.54) is 0 Å². The summed E-state index contributed by atoms with van der Waals surface area (Å²) in [5, 5.41) is 8.95. The van der Waals surface area contributed by atoms with E-state index >= 15 is 0 Å². The van der Waals surface area contributed by atoms with E-state index in [9.17, 15) is 4.79 Å². The van der Waals surface area contributed by atoms with Crippen molar-refractivity contribution >= 4 is 5.91 Å². The van der Waals surface area contributed by atoms with Gasteiger partial charge in [0.05, 0.1) is 11.6 Å². The fraction of sp³-hybridized carbons (Fsp3) is 0.154. The second kappa shape index (κ2) is 10.8. The Balaban J connectivity index is 1.71. The van der Waals surface area contributed by atoms with Gasteiger partial charge in [-0.3, -0.25) is 4.79 Å². The number of carbonyl (C=O) groups excluding carboxylic acids is 1. The predicted molar refractivity (Wildman–Crippen MR) is 117 cm³/mol. The van der Waals surface area contributed by atoms with Crippen molar-refractivity contribution in [3.63, 3.8) is 0 Å². The van der Waals surface area contributed by atoms with Gasteiger partial charge in [0.2, 0.25) is 5.91 Å². The summed E-state index contributed by atoms with van der Waals surface area (Å²) in [6.45, 7) is 4.57. The number of hydrogen-bond acceptors (Lipinski definition) is 3. The van der Waals surface area contributed by atoms with Gasteiger partial charge >= 0.3 is 0 Å². The van der Waals surface area contributed by atoms with Crippen molar-refractivity contribution in [1.29, 1.82) is 5.26 Å². The third-order valence-electron chi connectivity index (χ3n) is 4.74. The Bertz CT molecular complexity index is 953. The van der Waals surface area contributed by atoms with Crippen molar-refractivity contribution in [1.82, 2.24) is 4.90 Å². The average molecular weight is 396 g/mol. The molecular weight excluding hydrogens is 372 g/mol. The molecule has 3 aromatic rings. The van der Waals surface area contributed by atoms with Crippen LogP contribution >= 0.6 is 0 Å². The van der Waals surface area contributed by atoms with E-state index in [1.807, 2.05) is 72.8 Å². The summed E-state index contributed by atoms with van der Waals surface area (Å²) in [6.07, 6.45) is 1.38. The number of amides is 1. The molecule has 0 aliphatic carbocycles. The van der Waals surface area contributed by atoms with E-state index in [4.69, 9.17) is 10.00 Å². The van der Waals surface area contributed by atoms with Gasteiger partial charge in [-0.25, -0.2) is 0 Å². The summed E-state index contributed by atoms with van der Waals surface area (Å²) in [5.41, 5.74) is 3.54. The number of nitrogens with zero attached hydrogens (tertiary/aromatic N) is 2. The van der Waals surface area contributed by atoms with Crippen LogP contribution in [0.4, 0.5) is 0 Å². The van der Waals surface area contributed by atoms with Gasteiger partial charge in [0.25, 0.3) is 0 Å². The number of carbonyl (C=O) groups is 1. The molecule has 0 aliphatic heterocycles. The third-order valence-corrected chi connectivity index (χ3v) is 4.74. The van der Waals surface area contributed by atoms with Crippen molar-refractivity contribution in [3.05, 3.63) is 120 Å². The Morgan fingerprint density at radius 3 is 2.03 bits per heavy atom. The zero-order valence-electron chi connectivity index (χ0n) is 16.8. The van der Waals surface area contributed by atoms with Crippen molar-refractivity contribution in [2.75, 3.05) is 13.2 Å². The highest BCUT2D eigenvalue weighted by Crippen LogP contribution is 2.25. The molecule has 4 heteroatoms. The lowest BCUT2D eigenvalue weighted by molar-refractivity contribution is -0.137. The molecule has 0 saturated carbocycles. The van der Waals surface area contributed by atoms with Crippen molar-refractivity contribution in [2.24, 2.45) is 0 Å². The van der Waals surface area contributed by atoms with Crippen LogP contribution in [0.5, 0.6) is 0 Å². The van der Waals surface area contributed by atoms with Crippen LogP contribution in [0.15, 0.2) is 97.6 Å². The molecule has 0 bridgehead atoms. The summed E-state index contributed by atoms with van der Waals surface area (Å²) < 4.78 is 6.11. The zero-order chi connectivity index (χ0) is 21.2. The highest BCUT2D eigenvalue weighted by molar-refractivity contribution is 5.77. The molecule has 0 radical (unpaired) electrons. The summed E-state index contributed by atoms with van der Waals surface area (Å²) in [4.78, 5) is 14.6. The van der Waals surface area contributed by atoms with Crippen LogP contribution in [0.25, 0.3) is 0 Å². The predicted octanol–water partition coefficient (Wildman–Crippen LogP) is 4.88. The van der Waals surface area contributed by atoms with Crippen LogP contribution in [0.1, 0.15) is 28.4 Å². The molecule has 0 unspecified atom stereocenters. The van der Waals surface area contributed by atoms with Crippen LogP contribution < -0.4 is 0 Å². The Hall–Kier alpha value is -3.68. The standard InChI is InChI=1S/C26H24N2O2/c1-2-17-28(19-22-15-13-21(18-27)14-16-22)25(29)20-30-26(23-9-5-3-6-10-23)24-11-7-4-8-12-24/h2-16,26H,1,17,19-20H2. The maximum atomic E-state index is 12.9. The number of rotatable bonds is 9. The van der Waals surface area contributed by atoms with Crippen molar-refractivity contribution < 1.29 is 9.53 Å². The number of ether oxygens (including phenoxy) is 1. The van der Waals surface area contributed by atoms with Crippen LogP contribution in [0, 0.1) is 11.3 Å². The topological polar surface area (TPSA) is 53.3 Å². The lowest BCUT2D eigenvalue weighted by Crippen LogP contribution is -2.34. The Kier molecular flexibility index (Phi) is 7.54. The maximum Gasteiger partial charge on any atom is 0.249 e. The molecule has 0 aromatic heterocycles. The first-order valence-electron chi connectivity index (χ1n) is 9.80. The molecule has 3 aromatic carbocycles. The maximum absolute atomic E-state index is 12.9. The molecule has 30 heavy (non-hydrogen) atoms. The van der Waals surface area contributed by atoms with E-state index in [1.54, 1.807) is 23.1 Å². The molecule has 150 valence electrons. The molecular formula is C26H24N2O2. The Morgan fingerprint density at radius 2 is 1.53 bits per heavy atom. The van der Waals surface area contributed by atoms with E-state index < -0.39 is 0 Å². The highest BCUT2D eigenvalue weighted by Gasteiger charge is 2.19. The van der Waals surface area contributed by atoms with Crippen LogP contribution in [-0.4, -0.2) is 24.0 Å². The van der Waals surface area contributed by atoms with Crippen molar-refractivity contribution in [3.8, 4) is 6.07 Å². The monoisotopic (exact) mass is 396 g/mol. The Labute approximate surface area is 177 Å². The van der Waals surface area contributed by atoms with Gasteiger partial charge in [0, 0.05) is 13.1 Å². The molecule has 1 amide bonds. The summed E-state index contributed by atoms with van der Waals surface area (Å²) in [5.74, 6) is -0.115. The van der Waals surface area contributed by atoms with Gasteiger partial charge < -0.3 is 9.64 Å². The SMILES string of the molecule is C=CCN(Cc1ccc(C#N)cc1)C(=O)COC(c1ccccc1)c1ccccc1. The Morgan fingerprint density at radius 1 is 0.967 bits per heavy atom. The lowest BCUT2D eigenvalue weighted by atomic mass is 10.0. The second-order valence-electron chi connectivity index (χ2n) is 6.88. The van der Waals surface area contributed by atoms with E-state index in [0.29, 0.717) is 18.7 Å². The fourth-order valence-electron chi connectivity index (χ4n) is 3.20. The average Bonchev–Trinajstić information content (AvgIpc) is 2.80. The zero-order valence-corrected chi connectivity index (χ0v) is 16.8. The van der Waals surface area contributed by atoms with Gasteiger partial charge in [-0.1, -0.05) is 78.9 Å². The largest absolute Gasteiger partial charge is 0.359 e. The molecule has 0 fully saturated rings. The summed E-state index contributed by atoms with van der Waals surface area (Å²) in [6, 6.07) is 29.1. The van der Waals surface area contributed by atoms with Crippen LogP contribution in [0.2, 0.25) is 0 Å². The third kappa shape index (κ3) is 5.66. The minimum Gasteiger partial charge on any atom is -0.359 e. The first-order valence-corrected chi connectivity index (χ1v) is 9.80. The molecule has 0 aliphatic rings. The smallest absolute Gasteiger partial charge is 0.249 e. The van der Waals surface area contributed by atoms with Gasteiger partial charge in [0.15, 0.2) is 0 Å². The number of hydrogen-bond donors (Lipinski definition) is 0. The second-order valence-corrected chi connectivity index (χ2v) is 6.88. The van der Waals surface area contributed by atoms with Gasteiger partial charge in [-0.15, -0.1) is 6.58 Å².